The van der Waals surface area contributed by atoms with Gasteiger partial charge < -0.3 is 19.1 Å². The number of ether oxygens (including phenoxy) is 3. The van der Waals surface area contributed by atoms with Crippen molar-refractivity contribution in [2.24, 2.45) is 0 Å². The Bertz CT molecular complexity index is 995. The Morgan fingerprint density at radius 3 is 2.37 bits per heavy atom. The largest absolute Gasteiger partial charge is 0.496 e. The Balaban J connectivity index is 1.46. The van der Waals surface area contributed by atoms with Crippen molar-refractivity contribution in [2.45, 2.75) is 32.8 Å². The van der Waals surface area contributed by atoms with Crippen LogP contribution in [0.5, 0.6) is 17.4 Å². The molecule has 8 nitrogen and oxygen atoms in total. The number of anilines is 1. The van der Waals surface area contributed by atoms with E-state index in [1.54, 1.807) is 20.4 Å². The molecule has 3 aromatic rings. The fraction of sp³-hybridized carbons (Fsp3) is 0.409. The number of hydrogen-bond donors (Lipinski definition) is 0. The second-order valence-corrected chi connectivity index (χ2v) is 7.33. The van der Waals surface area contributed by atoms with Gasteiger partial charge in [0.05, 0.1) is 26.1 Å². The molecule has 0 saturated carbocycles. The van der Waals surface area contributed by atoms with Crippen molar-refractivity contribution in [2.75, 3.05) is 32.2 Å². The summed E-state index contributed by atoms with van der Waals surface area (Å²) in [5.41, 5.74) is 1.95. The average Bonchev–Trinajstić information content (AvgIpc) is 3.17. The number of methoxy groups -OCH3 is 2. The van der Waals surface area contributed by atoms with Crippen LogP contribution in [-0.4, -0.2) is 53.2 Å². The van der Waals surface area contributed by atoms with Crippen molar-refractivity contribution in [1.29, 1.82) is 0 Å². The Morgan fingerprint density at radius 2 is 1.70 bits per heavy atom. The highest BCUT2D eigenvalue weighted by Crippen LogP contribution is 2.30. The molecule has 0 amide bonds. The fourth-order valence-corrected chi connectivity index (χ4v) is 3.78. The summed E-state index contributed by atoms with van der Waals surface area (Å²) in [7, 11) is 3.29. The smallest absolute Gasteiger partial charge is 0.231 e. The molecule has 30 heavy (non-hydrogen) atoms. The lowest BCUT2D eigenvalue weighted by molar-refractivity contribution is 0.168. The van der Waals surface area contributed by atoms with Crippen LogP contribution in [-0.2, 0) is 0 Å². The molecule has 4 rings (SSSR count). The van der Waals surface area contributed by atoms with E-state index >= 15 is 0 Å². The van der Waals surface area contributed by atoms with Gasteiger partial charge >= 0.3 is 0 Å². The van der Waals surface area contributed by atoms with Gasteiger partial charge in [-0.3, -0.25) is 4.57 Å². The highest BCUT2D eigenvalue weighted by atomic mass is 16.5. The van der Waals surface area contributed by atoms with Gasteiger partial charge in [-0.2, -0.15) is 0 Å². The minimum Gasteiger partial charge on any atom is -0.496 e. The van der Waals surface area contributed by atoms with Crippen LogP contribution in [0.1, 0.15) is 24.2 Å². The highest BCUT2D eigenvalue weighted by molar-refractivity contribution is 5.45. The van der Waals surface area contributed by atoms with Gasteiger partial charge in [0.25, 0.3) is 0 Å². The van der Waals surface area contributed by atoms with Crippen LogP contribution < -0.4 is 19.1 Å². The quantitative estimate of drug-likeness (QED) is 0.618. The number of nitrogens with zero attached hydrogens (tertiary/aromatic N) is 5. The van der Waals surface area contributed by atoms with Crippen molar-refractivity contribution >= 4 is 5.95 Å². The van der Waals surface area contributed by atoms with Gasteiger partial charge in [0.15, 0.2) is 0 Å². The summed E-state index contributed by atoms with van der Waals surface area (Å²) in [5, 5.41) is 8.72. The van der Waals surface area contributed by atoms with E-state index in [-0.39, 0.29) is 6.10 Å². The first-order valence-corrected chi connectivity index (χ1v) is 10.1. The summed E-state index contributed by atoms with van der Waals surface area (Å²) >= 11 is 0. The van der Waals surface area contributed by atoms with E-state index in [9.17, 15) is 0 Å². The molecule has 1 aliphatic rings. The van der Waals surface area contributed by atoms with Gasteiger partial charge in [0.2, 0.25) is 11.8 Å². The minimum atomic E-state index is 0.159. The first-order valence-electron chi connectivity index (χ1n) is 10.1. The van der Waals surface area contributed by atoms with Crippen molar-refractivity contribution < 1.29 is 14.2 Å². The monoisotopic (exact) mass is 409 g/mol. The molecular weight excluding hydrogens is 382 g/mol. The first kappa shape index (κ1) is 20.0. The molecule has 1 aliphatic heterocycles. The zero-order valence-electron chi connectivity index (χ0n) is 17.8. The Hall–Kier alpha value is -3.29. The third-order valence-electron chi connectivity index (χ3n) is 5.47. The van der Waals surface area contributed by atoms with E-state index in [1.807, 2.05) is 48.7 Å². The molecule has 1 aromatic carbocycles. The van der Waals surface area contributed by atoms with Crippen LogP contribution in [0.25, 0.3) is 5.69 Å². The predicted molar refractivity (Wildman–Crippen MR) is 114 cm³/mol. The van der Waals surface area contributed by atoms with E-state index in [0.717, 1.165) is 60.5 Å². The molecule has 3 heterocycles. The summed E-state index contributed by atoms with van der Waals surface area (Å²) < 4.78 is 18.9. The topological polar surface area (TPSA) is 74.5 Å². The number of aryl methyl sites for hydroxylation is 1. The van der Waals surface area contributed by atoms with E-state index in [2.05, 4.69) is 20.1 Å². The van der Waals surface area contributed by atoms with Crippen LogP contribution >= 0.6 is 0 Å². The van der Waals surface area contributed by atoms with E-state index in [0.29, 0.717) is 5.88 Å². The predicted octanol–water partition coefficient (Wildman–Crippen LogP) is 3.34. The average molecular weight is 409 g/mol. The molecular formula is C22H27N5O3. The lowest BCUT2D eigenvalue weighted by Crippen LogP contribution is -2.39. The zero-order valence-corrected chi connectivity index (χ0v) is 17.8. The molecule has 0 bridgehead atoms. The van der Waals surface area contributed by atoms with Crippen molar-refractivity contribution in [3.63, 3.8) is 0 Å². The van der Waals surface area contributed by atoms with Crippen LogP contribution in [0, 0.1) is 13.8 Å². The lowest BCUT2D eigenvalue weighted by atomic mass is 10.1. The van der Waals surface area contributed by atoms with Crippen LogP contribution in [0.3, 0.4) is 0 Å². The molecule has 1 fully saturated rings. The maximum Gasteiger partial charge on any atom is 0.231 e. The normalized spacial score (nSPS) is 14.6. The molecule has 0 spiro atoms. The second-order valence-electron chi connectivity index (χ2n) is 7.33. The van der Waals surface area contributed by atoms with Crippen LogP contribution in [0.2, 0.25) is 0 Å². The standard InChI is InChI=1S/C22H27N5O3/c1-15-19(28-3)6-5-7-20(15)30-18-10-12-26(13-11-18)22-25-24-16(2)27(22)17-8-9-21(29-4)23-14-17/h5-9,14,18H,10-13H2,1-4H3. The number of piperidine rings is 1. The van der Waals surface area contributed by atoms with Gasteiger partial charge in [-0.25, -0.2) is 4.98 Å². The maximum atomic E-state index is 6.28. The van der Waals surface area contributed by atoms with Gasteiger partial charge in [0.1, 0.15) is 23.4 Å². The number of aromatic nitrogens is 4. The number of hydrogen-bond acceptors (Lipinski definition) is 7. The lowest BCUT2D eigenvalue weighted by Gasteiger charge is -2.33. The third kappa shape index (κ3) is 3.90. The van der Waals surface area contributed by atoms with E-state index < -0.39 is 0 Å². The Kier molecular flexibility index (Phi) is 5.74. The molecule has 0 unspecified atom stereocenters. The van der Waals surface area contributed by atoms with Crippen LogP contribution in [0.15, 0.2) is 36.5 Å². The van der Waals surface area contributed by atoms with Crippen LogP contribution in [0.4, 0.5) is 5.95 Å². The molecule has 0 N–H and O–H groups in total. The minimum absolute atomic E-state index is 0.159. The van der Waals surface area contributed by atoms with Gasteiger partial charge in [-0.1, -0.05) is 6.07 Å². The van der Waals surface area contributed by atoms with Gasteiger partial charge in [-0.15, -0.1) is 10.2 Å². The first-order chi connectivity index (χ1) is 14.6. The molecule has 0 radical (unpaired) electrons. The maximum absolute atomic E-state index is 6.28. The summed E-state index contributed by atoms with van der Waals surface area (Å²) in [6, 6.07) is 9.72. The van der Waals surface area contributed by atoms with Gasteiger partial charge in [0, 0.05) is 37.6 Å². The number of pyridine rings is 1. The molecule has 1 saturated heterocycles. The molecule has 0 aliphatic carbocycles. The van der Waals surface area contributed by atoms with E-state index in [4.69, 9.17) is 14.2 Å². The fourth-order valence-electron chi connectivity index (χ4n) is 3.78. The number of benzene rings is 1. The number of rotatable bonds is 6. The van der Waals surface area contributed by atoms with E-state index in [1.165, 1.54) is 0 Å². The highest BCUT2D eigenvalue weighted by Gasteiger charge is 2.25. The Labute approximate surface area is 176 Å². The zero-order chi connectivity index (χ0) is 21.1. The summed E-state index contributed by atoms with van der Waals surface area (Å²) in [5.74, 6) is 3.97. The second kappa shape index (κ2) is 8.61. The van der Waals surface area contributed by atoms with Crippen molar-refractivity contribution in [3.05, 3.63) is 47.9 Å². The third-order valence-corrected chi connectivity index (χ3v) is 5.47. The molecule has 8 heteroatoms. The summed E-state index contributed by atoms with van der Waals surface area (Å²) in [4.78, 5) is 6.57. The Morgan fingerprint density at radius 1 is 0.933 bits per heavy atom. The summed E-state index contributed by atoms with van der Waals surface area (Å²) in [6.07, 6.45) is 3.75. The molecule has 2 aromatic heterocycles. The summed E-state index contributed by atoms with van der Waals surface area (Å²) in [6.45, 7) is 5.66. The SMILES string of the molecule is COc1ccc(-n2c(C)nnc2N2CCC(Oc3cccc(OC)c3C)CC2)cn1. The van der Waals surface area contributed by atoms with Crippen molar-refractivity contribution in [3.8, 4) is 23.1 Å². The molecule has 0 atom stereocenters. The van der Waals surface area contributed by atoms with Crippen molar-refractivity contribution in [1.82, 2.24) is 19.7 Å². The molecule has 158 valence electrons. The van der Waals surface area contributed by atoms with Gasteiger partial charge in [-0.05, 0) is 32.0 Å².